The van der Waals surface area contributed by atoms with Crippen LogP contribution >= 0.6 is 0 Å². The summed E-state index contributed by atoms with van der Waals surface area (Å²) < 4.78 is 5.04. The van der Waals surface area contributed by atoms with E-state index in [4.69, 9.17) is 10.5 Å². The summed E-state index contributed by atoms with van der Waals surface area (Å²) in [5.74, 6) is -0.251. The zero-order valence-electron chi connectivity index (χ0n) is 9.77. The number of hydrogen-bond acceptors (Lipinski definition) is 4. The van der Waals surface area contributed by atoms with E-state index in [0.717, 1.165) is 11.3 Å². The Morgan fingerprint density at radius 1 is 1.31 bits per heavy atom. The smallest absolute Gasteiger partial charge is 0.307 e. The van der Waals surface area contributed by atoms with Crippen molar-refractivity contribution in [1.82, 2.24) is 0 Å². The first-order valence-electron chi connectivity index (χ1n) is 5.25. The Kier molecular flexibility index (Phi) is 4.79. The highest BCUT2D eigenvalue weighted by Gasteiger charge is 2.02. The van der Waals surface area contributed by atoms with Crippen LogP contribution in [-0.4, -0.2) is 26.6 Å². The molecule has 0 bridgehead atoms. The number of rotatable bonds is 5. The predicted octanol–water partition coefficient (Wildman–Crippen LogP) is 1.14. The molecule has 0 saturated heterocycles. The highest BCUT2D eigenvalue weighted by Crippen LogP contribution is 2.12. The summed E-state index contributed by atoms with van der Waals surface area (Å²) in [7, 11) is 3.96. The Labute approximate surface area is 96.0 Å². The number of ether oxygens (including phenoxy) is 1. The van der Waals surface area contributed by atoms with Crippen molar-refractivity contribution in [2.45, 2.75) is 13.0 Å². The van der Waals surface area contributed by atoms with Gasteiger partial charge in [-0.2, -0.15) is 0 Å². The molecule has 0 radical (unpaired) electrons. The molecule has 0 aliphatic carbocycles. The second-order valence-corrected chi connectivity index (χ2v) is 3.76. The fourth-order valence-corrected chi connectivity index (χ4v) is 1.24. The Morgan fingerprint density at radius 3 is 2.44 bits per heavy atom. The van der Waals surface area contributed by atoms with Crippen molar-refractivity contribution < 1.29 is 9.53 Å². The van der Waals surface area contributed by atoms with Gasteiger partial charge in [0.15, 0.2) is 0 Å². The number of benzene rings is 1. The topological polar surface area (TPSA) is 55.6 Å². The molecule has 0 saturated carbocycles. The maximum absolute atomic E-state index is 11.1. The van der Waals surface area contributed by atoms with Crippen LogP contribution < -0.4 is 10.6 Å². The van der Waals surface area contributed by atoms with Crippen molar-refractivity contribution in [1.29, 1.82) is 0 Å². The molecular formula is C12H18N2O2. The van der Waals surface area contributed by atoms with Gasteiger partial charge in [-0.05, 0) is 17.7 Å². The summed E-state index contributed by atoms with van der Waals surface area (Å²) >= 11 is 0. The lowest BCUT2D eigenvalue weighted by molar-refractivity contribution is -0.144. The van der Waals surface area contributed by atoms with Crippen LogP contribution in [-0.2, 0) is 16.1 Å². The standard InChI is InChI=1S/C12H18N2O2/c1-14(2)11-5-3-10(4-6-11)9-16-12(15)7-8-13/h3-6H,7-9,13H2,1-2H3. The van der Waals surface area contributed by atoms with Gasteiger partial charge >= 0.3 is 5.97 Å². The van der Waals surface area contributed by atoms with Crippen LogP contribution in [0.3, 0.4) is 0 Å². The SMILES string of the molecule is CN(C)c1ccc(COC(=O)CCN)cc1. The van der Waals surface area contributed by atoms with Crippen molar-refractivity contribution >= 4 is 11.7 Å². The molecule has 1 aromatic carbocycles. The lowest BCUT2D eigenvalue weighted by Crippen LogP contribution is -2.11. The lowest BCUT2D eigenvalue weighted by Gasteiger charge is -2.12. The maximum atomic E-state index is 11.1. The molecule has 2 N–H and O–H groups in total. The second kappa shape index (κ2) is 6.12. The van der Waals surface area contributed by atoms with Crippen LogP contribution in [0.4, 0.5) is 5.69 Å². The number of nitrogens with two attached hydrogens (primary N) is 1. The van der Waals surface area contributed by atoms with Gasteiger partial charge in [-0.15, -0.1) is 0 Å². The number of hydrogen-bond donors (Lipinski definition) is 1. The van der Waals surface area contributed by atoms with Crippen molar-refractivity contribution in [2.75, 3.05) is 25.5 Å². The van der Waals surface area contributed by atoms with Gasteiger partial charge in [0.1, 0.15) is 6.61 Å². The van der Waals surface area contributed by atoms with E-state index in [9.17, 15) is 4.79 Å². The van der Waals surface area contributed by atoms with E-state index in [-0.39, 0.29) is 12.4 Å². The summed E-state index contributed by atoms with van der Waals surface area (Å²) in [4.78, 5) is 13.1. The minimum absolute atomic E-state index is 0.251. The highest BCUT2D eigenvalue weighted by molar-refractivity contribution is 5.69. The zero-order valence-corrected chi connectivity index (χ0v) is 9.77. The second-order valence-electron chi connectivity index (χ2n) is 3.76. The molecule has 0 unspecified atom stereocenters. The number of esters is 1. The summed E-state index contributed by atoms with van der Waals surface area (Å²) in [5.41, 5.74) is 7.35. The monoisotopic (exact) mass is 222 g/mol. The van der Waals surface area contributed by atoms with E-state index in [1.807, 2.05) is 43.3 Å². The minimum atomic E-state index is -0.251. The van der Waals surface area contributed by atoms with Crippen LogP contribution in [0.5, 0.6) is 0 Å². The molecule has 4 nitrogen and oxygen atoms in total. The molecule has 1 rings (SSSR count). The third-order valence-corrected chi connectivity index (χ3v) is 2.20. The maximum Gasteiger partial charge on any atom is 0.307 e. The van der Waals surface area contributed by atoms with E-state index >= 15 is 0 Å². The molecule has 4 heteroatoms. The molecule has 0 atom stereocenters. The van der Waals surface area contributed by atoms with Gasteiger partial charge in [-0.1, -0.05) is 12.1 Å². The Bertz CT molecular complexity index is 333. The Morgan fingerprint density at radius 2 is 1.94 bits per heavy atom. The molecule has 0 heterocycles. The molecule has 0 aliphatic rings. The quantitative estimate of drug-likeness (QED) is 0.759. The number of nitrogens with zero attached hydrogens (tertiary/aromatic N) is 1. The predicted molar refractivity (Wildman–Crippen MR) is 64.2 cm³/mol. The van der Waals surface area contributed by atoms with Gasteiger partial charge in [0.05, 0.1) is 6.42 Å². The molecule has 0 amide bonds. The van der Waals surface area contributed by atoms with Gasteiger partial charge in [-0.3, -0.25) is 4.79 Å². The molecular weight excluding hydrogens is 204 g/mol. The number of carbonyl (C=O) groups excluding carboxylic acids is 1. The van der Waals surface area contributed by atoms with Gasteiger partial charge in [0, 0.05) is 26.3 Å². The van der Waals surface area contributed by atoms with E-state index in [1.165, 1.54) is 0 Å². The average Bonchev–Trinajstić information content (AvgIpc) is 2.27. The summed E-state index contributed by atoms with van der Waals surface area (Å²) in [6.45, 7) is 0.644. The Hall–Kier alpha value is -1.55. The van der Waals surface area contributed by atoms with Crippen molar-refractivity contribution in [3.8, 4) is 0 Å². The van der Waals surface area contributed by atoms with Gasteiger partial charge in [0.25, 0.3) is 0 Å². The van der Waals surface area contributed by atoms with E-state index < -0.39 is 0 Å². The molecule has 0 aliphatic heterocycles. The summed E-state index contributed by atoms with van der Waals surface area (Å²) in [5, 5.41) is 0. The number of anilines is 1. The fourth-order valence-electron chi connectivity index (χ4n) is 1.24. The molecule has 16 heavy (non-hydrogen) atoms. The minimum Gasteiger partial charge on any atom is -0.461 e. The van der Waals surface area contributed by atoms with Crippen molar-refractivity contribution in [3.05, 3.63) is 29.8 Å². The first-order valence-corrected chi connectivity index (χ1v) is 5.25. The third kappa shape index (κ3) is 3.90. The van der Waals surface area contributed by atoms with Gasteiger partial charge < -0.3 is 15.4 Å². The summed E-state index contributed by atoms with van der Waals surface area (Å²) in [6, 6.07) is 7.88. The number of carbonyl (C=O) groups is 1. The van der Waals surface area contributed by atoms with Crippen LogP contribution in [0.1, 0.15) is 12.0 Å². The molecule has 0 aromatic heterocycles. The average molecular weight is 222 g/mol. The molecule has 88 valence electrons. The van der Waals surface area contributed by atoms with E-state index in [0.29, 0.717) is 13.2 Å². The van der Waals surface area contributed by atoms with Gasteiger partial charge in [-0.25, -0.2) is 0 Å². The fraction of sp³-hybridized carbons (Fsp3) is 0.417. The lowest BCUT2D eigenvalue weighted by atomic mass is 10.2. The van der Waals surface area contributed by atoms with Crippen LogP contribution in [0, 0.1) is 0 Å². The molecule has 0 fully saturated rings. The normalized spacial score (nSPS) is 9.94. The zero-order chi connectivity index (χ0) is 12.0. The van der Waals surface area contributed by atoms with Crippen LogP contribution in [0.25, 0.3) is 0 Å². The molecule has 1 aromatic rings. The third-order valence-electron chi connectivity index (χ3n) is 2.20. The van der Waals surface area contributed by atoms with E-state index in [1.54, 1.807) is 0 Å². The summed E-state index contributed by atoms with van der Waals surface area (Å²) in [6.07, 6.45) is 0.274. The first kappa shape index (κ1) is 12.5. The van der Waals surface area contributed by atoms with Gasteiger partial charge in [0.2, 0.25) is 0 Å². The highest BCUT2D eigenvalue weighted by atomic mass is 16.5. The first-order chi connectivity index (χ1) is 7.63. The van der Waals surface area contributed by atoms with Crippen molar-refractivity contribution in [3.63, 3.8) is 0 Å². The largest absolute Gasteiger partial charge is 0.461 e. The van der Waals surface area contributed by atoms with E-state index in [2.05, 4.69) is 0 Å². The van der Waals surface area contributed by atoms with Crippen LogP contribution in [0.15, 0.2) is 24.3 Å². The van der Waals surface area contributed by atoms with Crippen molar-refractivity contribution in [2.24, 2.45) is 5.73 Å². The molecule has 0 spiro atoms. The Balaban J connectivity index is 2.46. The van der Waals surface area contributed by atoms with Crippen LogP contribution in [0.2, 0.25) is 0 Å².